The summed E-state index contributed by atoms with van der Waals surface area (Å²) in [5.74, 6) is 1.05. The number of hydrogen-bond donors (Lipinski definition) is 0. The van der Waals surface area contributed by atoms with Crippen LogP contribution in [0.2, 0.25) is 0 Å². The molecule has 0 aliphatic heterocycles. The Morgan fingerprint density at radius 3 is 2.93 bits per heavy atom. The molecule has 1 aromatic rings. The molecular formula is C11H14ClFN2. The van der Waals surface area contributed by atoms with Gasteiger partial charge in [-0.15, -0.1) is 11.6 Å². The van der Waals surface area contributed by atoms with E-state index in [1.165, 1.54) is 12.8 Å². The third-order valence-corrected chi connectivity index (χ3v) is 2.97. The minimum absolute atomic E-state index is 0.193. The summed E-state index contributed by atoms with van der Waals surface area (Å²) in [5, 5.41) is 0. The summed E-state index contributed by atoms with van der Waals surface area (Å²) in [5.41, 5.74) is 0.518. The van der Waals surface area contributed by atoms with Crippen LogP contribution in [-0.4, -0.2) is 18.6 Å². The van der Waals surface area contributed by atoms with Gasteiger partial charge in [-0.1, -0.05) is 0 Å². The van der Waals surface area contributed by atoms with Crippen molar-refractivity contribution in [3.05, 3.63) is 23.6 Å². The zero-order valence-corrected chi connectivity index (χ0v) is 9.47. The third kappa shape index (κ3) is 2.40. The SMILES string of the molecule is CN(CC1CC1)c1nccc(CCl)c1F. The van der Waals surface area contributed by atoms with E-state index in [2.05, 4.69) is 4.98 Å². The number of aromatic nitrogens is 1. The molecule has 0 unspecified atom stereocenters. The summed E-state index contributed by atoms with van der Waals surface area (Å²) in [7, 11) is 1.88. The minimum Gasteiger partial charge on any atom is -0.357 e. The van der Waals surface area contributed by atoms with E-state index in [9.17, 15) is 4.39 Å². The van der Waals surface area contributed by atoms with Crippen LogP contribution in [0.15, 0.2) is 12.3 Å². The number of rotatable bonds is 4. The van der Waals surface area contributed by atoms with E-state index in [1.54, 1.807) is 12.3 Å². The number of nitrogens with zero attached hydrogens (tertiary/aromatic N) is 2. The molecule has 82 valence electrons. The third-order valence-electron chi connectivity index (χ3n) is 2.69. The first-order valence-electron chi connectivity index (χ1n) is 5.13. The molecule has 0 amide bonds. The van der Waals surface area contributed by atoms with Gasteiger partial charge in [-0.05, 0) is 24.8 Å². The molecule has 15 heavy (non-hydrogen) atoms. The predicted octanol–water partition coefficient (Wildman–Crippen LogP) is 2.81. The Balaban J connectivity index is 2.17. The topological polar surface area (TPSA) is 16.1 Å². The van der Waals surface area contributed by atoms with Crippen molar-refractivity contribution >= 4 is 17.4 Å². The lowest BCUT2D eigenvalue weighted by atomic mass is 10.2. The molecule has 1 saturated carbocycles. The molecular weight excluding hydrogens is 215 g/mol. The summed E-state index contributed by atoms with van der Waals surface area (Å²) < 4.78 is 13.8. The maximum atomic E-state index is 13.8. The van der Waals surface area contributed by atoms with Gasteiger partial charge in [0.1, 0.15) is 0 Å². The van der Waals surface area contributed by atoms with E-state index in [0.717, 1.165) is 12.5 Å². The van der Waals surface area contributed by atoms with Crippen LogP contribution in [0.3, 0.4) is 0 Å². The lowest BCUT2D eigenvalue weighted by molar-refractivity contribution is 0.601. The Morgan fingerprint density at radius 1 is 1.60 bits per heavy atom. The van der Waals surface area contributed by atoms with Gasteiger partial charge >= 0.3 is 0 Å². The van der Waals surface area contributed by atoms with E-state index in [0.29, 0.717) is 11.4 Å². The fraction of sp³-hybridized carbons (Fsp3) is 0.545. The number of halogens is 2. The second kappa shape index (κ2) is 4.35. The van der Waals surface area contributed by atoms with Crippen molar-refractivity contribution in [2.45, 2.75) is 18.7 Å². The van der Waals surface area contributed by atoms with Gasteiger partial charge in [0, 0.05) is 25.4 Å². The standard InChI is InChI=1S/C11H14ClFN2/c1-15(7-8-2-3-8)11-10(13)9(6-12)4-5-14-11/h4-5,8H,2-3,6-7H2,1H3. The van der Waals surface area contributed by atoms with Gasteiger partial charge in [0.25, 0.3) is 0 Å². The maximum absolute atomic E-state index is 13.8. The van der Waals surface area contributed by atoms with Crippen LogP contribution in [0.4, 0.5) is 10.2 Å². The van der Waals surface area contributed by atoms with Gasteiger partial charge in [-0.3, -0.25) is 0 Å². The van der Waals surface area contributed by atoms with Gasteiger partial charge in [-0.2, -0.15) is 0 Å². The Morgan fingerprint density at radius 2 is 2.33 bits per heavy atom. The van der Waals surface area contributed by atoms with Gasteiger partial charge in [0.15, 0.2) is 11.6 Å². The van der Waals surface area contributed by atoms with Crippen LogP contribution in [0.25, 0.3) is 0 Å². The highest BCUT2D eigenvalue weighted by Crippen LogP contribution is 2.31. The Bertz CT molecular complexity index is 352. The van der Waals surface area contributed by atoms with Gasteiger partial charge in [0.2, 0.25) is 0 Å². The first-order chi connectivity index (χ1) is 7.22. The van der Waals surface area contributed by atoms with E-state index in [-0.39, 0.29) is 11.7 Å². The van der Waals surface area contributed by atoms with Crippen molar-refractivity contribution in [1.82, 2.24) is 4.98 Å². The summed E-state index contributed by atoms with van der Waals surface area (Å²) in [6.45, 7) is 0.885. The maximum Gasteiger partial charge on any atom is 0.170 e. The summed E-state index contributed by atoms with van der Waals surface area (Å²) in [4.78, 5) is 5.94. The Hall–Kier alpha value is -0.830. The number of pyridine rings is 1. The largest absolute Gasteiger partial charge is 0.357 e. The zero-order valence-electron chi connectivity index (χ0n) is 8.71. The number of hydrogen-bond acceptors (Lipinski definition) is 2. The average Bonchev–Trinajstić information content (AvgIpc) is 3.02. The molecule has 4 heteroatoms. The number of anilines is 1. The van der Waals surface area contributed by atoms with Gasteiger partial charge in [0.05, 0.1) is 5.88 Å². The molecule has 1 aliphatic rings. The molecule has 0 bridgehead atoms. The van der Waals surface area contributed by atoms with Crippen LogP contribution in [-0.2, 0) is 5.88 Å². The smallest absolute Gasteiger partial charge is 0.170 e. The Kier molecular flexibility index (Phi) is 3.10. The van der Waals surface area contributed by atoms with E-state index >= 15 is 0 Å². The van der Waals surface area contributed by atoms with Crippen molar-refractivity contribution < 1.29 is 4.39 Å². The molecule has 0 radical (unpaired) electrons. The van der Waals surface area contributed by atoms with E-state index in [1.807, 2.05) is 11.9 Å². The monoisotopic (exact) mass is 228 g/mol. The molecule has 1 fully saturated rings. The second-order valence-corrected chi connectivity index (χ2v) is 4.33. The van der Waals surface area contributed by atoms with Crippen molar-refractivity contribution in [1.29, 1.82) is 0 Å². The fourth-order valence-corrected chi connectivity index (χ4v) is 1.82. The molecule has 1 aromatic heterocycles. The number of alkyl halides is 1. The van der Waals surface area contributed by atoms with Crippen molar-refractivity contribution in [2.24, 2.45) is 5.92 Å². The summed E-state index contributed by atoms with van der Waals surface area (Å²) >= 11 is 5.64. The van der Waals surface area contributed by atoms with Crippen LogP contribution < -0.4 is 4.90 Å². The summed E-state index contributed by atoms with van der Waals surface area (Å²) in [6, 6.07) is 1.62. The van der Waals surface area contributed by atoms with E-state index in [4.69, 9.17) is 11.6 Å². The predicted molar refractivity (Wildman–Crippen MR) is 59.7 cm³/mol. The molecule has 0 saturated heterocycles. The minimum atomic E-state index is -0.282. The Labute approximate surface area is 94.1 Å². The van der Waals surface area contributed by atoms with Crippen LogP contribution >= 0.6 is 11.6 Å². The highest BCUT2D eigenvalue weighted by atomic mass is 35.5. The molecule has 2 rings (SSSR count). The molecule has 2 nitrogen and oxygen atoms in total. The van der Waals surface area contributed by atoms with Gasteiger partial charge in [-0.25, -0.2) is 9.37 Å². The molecule has 0 atom stereocenters. The molecule has 1 aliphatic carbocycles. The summed E-state index contributed by atoms with van der Waals surface area (Å²) in [6.07, 6.45) is 4.11. The quantitative estimate of drug-likeness (QED) is 0.737. The second-order valence-electron chi connectivity index (χ2n) is 4.07. The lowest BCUT2D eigenvalue weighted by Crippen LogP contribution is -2.22. The molecule has 0 aromatic carbocycles. The highest BCUT2D eigenvalue weighted by molar-refractivity contribution is 6.17. The van der Waals surface area contributed by atoms with E-state index < -0.39 is 0 Å². The molecule has 1 heterocycles. The van der Waals surface area contributed by atoms with Crippen LogP contribution in [0.1, 0.15) is 18.4 Å². The first kappa shape index (κ1) is 10.7. The van der Waals surface area contributed by atoms with Crippen LogP contribution in [0, 0.1) is 11.7 Å². The normalized spacial score (nSPS) is 15.4. The highest BCUT2D eigenvalue weighted by Gasteiger charge is 2.24. The molecule has 0 N–H and O–H groups in total. The molecule has 0 spiro atoms. The average molecular weight is 229 g/mol. The van der Waals surface area contributed by atoms with Crippen molar-refractivity contribution in [3.63, 3.8) is 0 Å². The zero-order chi connectivity index (χ0) is 10.8. The fourth-order valence-electron chi connectivity index (χ4n) is 1.61. The first-order valence-corrected chi connectivity index (χ1v) is 5.66. The van der Waals surface area contributed by atoms with Crippen LogP contribution in [0.5, 0.6) is 0 Å². The van der Waals surface area contributed by atoms with Crippen molar-refractivity contribution in [2.75, 3.05) is 18.5 Å². The van der Waals surface area contributed by atoms with Crippen molar-refractivity contribution in [3.8, 4) is 0 Å². The lowest BCUT2D eigenvalue weighted by Gasteiger charge is -2.19. The van der Waals surface area contributed by atoms with Gasteiger partial charge < -0.3 is 4.90 Å².